The minimum atomic E-state index is 0.763. The highest BCUT2D eigenvalue weighted by Crippen LogP contribution is 2.41. The van der Waals surface area contributed by atoms with Crippen LogP contribution in [0.4, 0.5) is 0 Å². The molecule has 0 saturated heterocycles. The first-order valence-corrected chi connectivity index (χ1v) is 13.4. The first kappa shape index (κ1) is 24.0. The maximum atomic E-state index is 5.33. The van der Waals surface area contributed by atoms with Crippen LogP contribution in [0, 0.1) is 27.7 Å². The van der Waals surface area contributed by atoms with Gasteiger partial charge in [-0.2, -0.15) is 0 Å². The van der Waals surface area contributed by atoms with E-state index >= 15 is 0 Å². The first-order valence-electron chi connectivity index (χ1n) is 13.4. The lowest BCUT2D eigenvalue weighted by molar-refractivity contribution is 0.574. The standard InChI is InChI=1S/C33H38N4/c1-14-15(2)27-23(10)31-20(7)21(8)33-25(12)29-17(4)16(3)28(35-29)24(11)32-19(6)18(5)30(22(9)26(14)34-27)36(32)13-37(31)33/h13H2,1-12H3/b26-22-,27-23?,28-24-,29-25?,30-22?,31-23-,32-24?,33-25-. The molecular formula is C33H38N4. The van der Waals surface area contributed by atoms with E-state index in [1.807, 2.05) is 0 Å². The third-order valence-electron chi connectivity index (χ3n) is 9.74. The number of allylic oxidation sites excluding steroid dienone is 6. The summed E-state index contributed by atoms with van der Waals surface area (Å²) in [6.45, 7) is 27.9. The van der Waals surface area contributed by atoms with Crippen LogP contribution in [0.1, 0.15) is 89.0 Å². The molecule has 37 heavy (non-hydrogen) atoms. The molecule has 0 N–H and O–H groups in total. The van der Waals surface area contributed by atoms with Crippen LogP contribution < -0.4 is 10.7 Å². The minimum absolute atomic E-state index is 0.763. The van der Waals surface area contributed by atoms with E-state index in [0.29, 0.717) is 0 Å². The fraction of sp³-hybridized carbons (Fsp3) is 0.394. The number of aromatic nitrogens is 2. The summed E-state index contributed by atoms with van der Waals surface area (Å²) in [5.41, 5.74) is 22.6. The fourth-order valence-corrected chi connectivity index (χ4v) is 7.28. The van der Waals surface area contributed by atoms with Gasteiger partial charge in [-0.25, -0.2) is 9.98 Å². The molecule has 4 heteroatoms. The molecule has 0 amide bonds. The van der Waals surface area contributed by atoms with Gasteiger partial charge in [0, 0.05) is 0 Å². The number of hydrogen-bond acceptors (Lipinski definition) is 2. The van der Waals surface area contributed by atoms with Crippen molar-refractivity contribution in [3.8, 4) is 0 Å². The first-order chi connectivity index (χ1) is 17.4. The van der Waals surface area contributed by atoms with Crippen molar-refractivity contribution in [2.24, 2.45) is 9.98 Å². The number of nitrogens with zero attached hydrogens (tertiary/aromatic N) is 4. The van der Waals surface area contributed by atoms with Crippen molar-refractivity contribution in [2.75, 3.05) is 0 Å². The van der Waals surface area contributed by atoms with Crippen molar-refractivity contribution in [1.82, 2.24) is 9.13 Å². The number of fused-ring (bicyclic) bond motifs is 2. The van der Waals surface area contributed by atoms with Gasteiger partial charge in [0.05, 0.1) is 44.9 Å². The molecule has 4 nitrogen and oxygen atoms in total. The van der Waals surface area contributed by atoms with Crippen LogP contribution in [0.15, 0.2) is 43.7 Å². The average molecular weight is 491 g/mol. The Kier molecular flexibility index (Phi) is 4.90. The van der Waals surface area contributed by atoms with Crippen molar-refractivity contribution in [2.45, 2.75) is 89.8 Å². The third kappa shape index (κ3) is 2.79. The van der Waals surface area contributed by atoms with E-state index in [9.17, 15) is 0 Å². The zero-order valence-corrected chi connectivity index (χ0v) is 24.5. The van der Waals surface area contributed by atoms with Crippen molar-refractivity contribution in [3.05, 3.63) is 78.0 Å². The smallest absolute Gasteiger partial charge is 0.100 e. The molecule has 2 aromatic rings. The Morgan fingerprint density at radius 2 is 0.784 bits per heavy atom. The second-order valence-electron chi connectivity index (χ2n) is 11.5. The molecule has 6 heterocycles. The third-order valence-corrected chi connectivity index (χ3v) is 9.74. The summed E-state index contributed by atoms with van der Waals surface area (Å²) in [5.74, 6) is 0. The second-order valence-corrected chi connectivity index (χ2v) is 11.5. The monoisotopic (exact) mass is 490 g/mol. The van der Waals surface area contributed by atoms with Crippen LogP contribution in [0.5, 0.6) is 0 Å². The van der Waals surface area contributed by atoms with Gasteiger partial charge in [-0.1, -0.05) is 0 Å². The van der Waals surface area contributed by atoms with Crippen molar-refractivity contribution in [3.63, 3.8) is 0 Å². The highest BCUT2D eigenvalue weighted by atomic mass is 15.2. The summed E-state index contributed by atoms with van der Waals surface area (Å²) in [6, 6.07) is 0. The Morgan fingerprint density at radius 3 is 1.16 bits per heavy atom. The maximum Gasteiger partial charge on any atom is 0.100 e. The predicted molar refractivity (Wildman–Crippen MR) is 157 cm³/mol. The lowest BCUT2D eigenvalue weighted by atomic mass is 9.98. The lowest BCUT2D eigenvalue weighted by Gasteiger charge is -2.21. The fourth-order valence-electron chi connectivity index (χ4n) is 7.28. The molecule has 0 unspecified atom stereocenters. The molecule has 4 aliphatic rings. The van der Waals surface area contributed by atoms with Gasteiger partial charge >= 0.3 is 0 Å². The summed E-state index contributed by atoms with van der Waals surface area (Å²) >= 11 is 0. The van der Waals surface area contributed by atoms with E-state index < -0.39 is 0 Å². The average Bonchev–Trinajstić information content (AvgIpc) is 3.48. The molecule has 190 valence electrons. The van der Waals surface area contributed by atoms with Crippen molar-refractivity contribution >= 4 is 33.7 Å². The topological polar surface area (TPSA) is 34.6 Å². The molecule has 2 aromatic heterocycles. The van der Waals surface area contributed by atoms with Crippen LogP contribution >= 0.6 is 0 Å². The normalized spacial score (nSPS) is 25.8. The van der Waals surface area contributed by atoms with Crippen molar-refractivity contribution in [1.29, 1.82) is 0 Å². The number of rotatable bonds is 0. The molecule has 0 aromatic carbocycles. The SMILES string of the molecule is CC1=C(C)/C2=C(\C)c3c(C)c(C)c4n3Cn3/c(c(C)c(C)/c3=C(\C)C3=N/C(=C\4C)C(C)=C3C)=C(/C)C1=N2. The van der Waals surface area contributed by atoms with E-state index in [1.165, 1.54) is 88.9 Å². The summed E-state index contributed by atoms with van der Waals surface area (Å²) in [7, 11) is 0. The zero-order chi connectivity index (χ0) is 26.8. The molecule has 0 aliphatic carbocycles. The maximum absolute atomic E-state index is 5.33. The van der Waals surface area contributed by atoms with Gasteiger partial charge in [0.15, 0.2) is 0 Å². The number of aliphatic imine (C=N–C) groups is 2. The second kappa shape index (κ2) is 7.56. The summed E-state index contributed by atoms with van der Waals surface area (Å²) in [6.07, 6.45) is 0. The predicted octanol–water partition coefficient (Wildman–Crippen LogP) is 6.44. The number of hydrogen-bond donors (Lipinski definition) is 0. The zero-order valence-electron chi connectivity index (χ0n) is 24.5. The van der Waals surface area contributed by atoms with E-state index in [2.05, 4.69) is 92.2 Å². The van der Waals surface area contributed by atoms with Crippen LogP contribution in [0.3, 0.4) is 0 Å². The summed E-state index contributed by atoms with van der Waals surface area (Å²) < 4.78 is 5.12. The molecule has 4 aliphatic heterocycles. The van der Waals surface area contributed by atoms with Crippen LogP contribution in [0.2, 0.25) is 0 Å². The van der Waals surface area contributed by atoms with Gasteiger partial charge in [-0.3, -0.25) is 0 Å². The Morgan fingerprint density at radius 1 is 0.405 bits per heavy atom. The molecule has 0 spiro atoms. The molecule has 0 saturated carbocycles. The summed E-state index contributed by atoms with van der Waals surface area (Å²) in [5, 5.41) is 2.58. The highest BCUT2D eigenvalue weighted by molar-refractivity contribution is 6.30. The molecule has 6 rings (SSSR count). The lowest BCUT2D eigenvalue weighted by Crippen LogP contribution is -2.36. The van der Waals surface area contributed by atoms with E-state index in [0.717, 1.165) is 29.5 Å². The largest absolute Gasteiger partial charge is 0.322 e. The molecular weight excluding hydrogens is 452 g/mol. The molecule has 0 radical (unpaired) electrons. The van der Waals surface area contributed by atoms with Gasteiger partial charge in [-0.15, -0.1) is 0 Å². The molecule has 0 atom stereocenters. The van der Waals surface area contributed by atoms with Gasteiger partial charge in [0.1, 0.15) is 6.67 Å². The van der Waals surface area contributed by atoms with E-state index in [1.54, 1.807) is 0 Å². The van der Waals surface area contributed by atoms with Gasteiger partial charge in [0.2, 0.25) is 0 Å². The van der Waals surface area contributed by atoms with Gasteiger partial charge in [0.25, 0.3) is 0 Å². The Hall–Kier alpha value is -3.40. The summed E-state index contributed by atoms with van der Waals surface area (Å²) in [4.78, 5) is 10.7. The van der Waals surface area contributed by atoms with Crippen LogP contribution in [-0.4, -0.2) is 20.6 Å². The Labute approximate surface area is 220 Å². The van der Waals surface area contributed by atoms with Crippen molar-refractivity contribution < 1.29 is 0 Å². The van der Waals surface area contributed by atoms with Gasteiger partial charge < -0.3 is 9.13 Å². The van der Waals surface area contributed by atoms with Crippen LogP contribution in [-0.2, 0) is 6.67 Å². The van der Waals surface area contributed by atoms with E-state index in [-0.39, 0.29) is 0 Å². The minimum Gasteiger partial charge on any atom is -0.322 e. The molecule has 0 fully saturated rings. The van der Waals surface area contributed by atoms with Gasteiger partial charge in [-0.05, 0) is 150 Å². The quantitative estimate of drug-likeness (QED) is 0.407. The van der Waals surface area contributed by atoms with E-state index in [4.69, 9.17) is 9.98 Å². The van der Waals surface area contributed by atoms with Crippen LogP contribution in [0.25, 0.3) is 22.3 Å². The Balaban J connectivity index is 1.98. The Bertz CT molecular complexity index is 1700. The highest BCUT2D eigenvalue weighted by Gasteiger charge is 2.31. The molecule has 6 bridgehead atoms.